The summed E-state index contributed by atoms with van der Waals surface area (Å²) in [6.45, 7) is 8.40. The van der Waals surface area contributed by atoms with Gasteiger partial charge < -0.3 is 9.47 Å². The molecule has 6 nitrogen and oxygen atoms in total. The largest absolute Gasteiger partial charge is 0.335 e. The minimum Gasteiger partial charge on any atom is -0.335 e. The SMILES string of the molecule is CCN(CC)C(=O)C(=O)N/N=C\c1cc(C)n(-c2cccc(Cl)c2Cl)c1C. The third kappa shape index (κ3) is 4.51. The van der Waals surface area contributed by atoms with E-state index in [2.05, 4.69) is 10.5 Å². The lowest BCUT2D eigenvalue weighted by Gasteiger charge is -2.16. The summed E-state index contributed by atoms with van der Waals surface area (Å²) in [6, 6.07) is 7.34. The van der Waals surface area contributed by atoms with Crippen LogP contribution in [0, 0.1) is 13.8 Å². The van der Waals surface area contributed by atoms with Crippen LogP contribution in [0.3, 0.4) is 0 Å². The number of aryl methyl sites for hydroxylation is 1. The molecule has 0 unspecified atom stereocenters. The van der Waals surface area contributed by atoms with E-state index < -0.39 is 11.8 Å². The molecule has 1 aromatic heterocycles. The van der Waals surface area contributed by atoms with Gasteiger partial charge in [0, 0.05) is 30.0 Å². The second kappa shape index (κ2) is 9.06. The molecular formula is C19H22Cl2N4O2. The molecule has 0 radical (unpaired) electrons. The highest BCUT2D eigenvalue weighted by Gasteiger charge is 2.18. The second-order valence-electron chi connectivity index (χ2n) is 5.91. The average Bonchev–Trinajstić information content (AvgIpc) is 2.92. The number of amides is 2. The van der Waals surface area contributed by atoms with Crippen LogP contribution in [0.15, 0.2) is 29.4 Å². The molecule has 1 N–H and O–H groups in total. The van der Waals surface area contributed by atoms with E-state index in [-0.39, 0.29) is 0 Å². The number of carbonyl (C=O) groups excluding carboxylic acids is 2. The van der Waals surface area contributed by atoms with Crippen LogP contribution >= 0.6 is 23.2 Å². The number of hydrazone groups is 1. The number of nitrogens with zero attached hydrogens (tertiary/aromatic N) is 3. The van der Waals surface area contributed by atoms with E-state index in [0.717, 1.165) is 22.6 Å². The van der Waals surface area contributed by atoms with E-state index in [9.17, 15) is 9.59 Å². The van der Waals surface area contributed by atoms with Crippen LogP contribution in [0.2, 0.25) is 10.0 Å². The fourth-order valence-electron chi connectivity index (χ4n) is 2.82. The first-order valence-corrected chi connectivity index (χ1v) is 9.33. The Labute approximate surface area is 168 Å². The number of likely N-dealkylation sites (N-methyl/N-ethyl adjacent to an activating group) is 1. The standard InChI is InChI=1S/C19H22Cl2N4O2/c1-5-24(6-2)19(27)18(26)23-22-11-14-10-12(3)25(13(14)4)16-9-7-8-15(20)17(16)21/h7-11H,5-6H2,1-4H3,(H,23,26)/b22-11-. The van der Waals surface area contributed by atoms with Crippen LogP contribution in [0.4, 0.5) is 0 Å². The van der Waals surface area contributed by atoms with Crippen molar-refractivity contribution < 1.29 is 9.59 Å². The van der Waals surface area contributed by atoms with Gasteiger partial charge in [0.1, 0.15) is 0 Å². The van der Waals surface area contributed by atoms with Gasteiger partial charge in [-0.25, -0.2) is 5.43 Å². The molecule has 2 aromatic rings. The first kappa shape index (κ1) is 21.0. The number of halogens is 2. The number of carbonyl (C=O) groups is 2. The Balaban J connectivity index is 2.22. The topological polar surface area (TPSA) is 66.7 Å². The number of nitrogens with one attached hydrogen (secondary N) is 1. The van der Waals surface area contributed by atoms with E-state index in [1.165, 1.54) is 11.1 Å². The molecule has 27 heavy (non-hydrogen) atoms. The van der Waals surface area contributed by atoms with Crippen molar-refractivity contribution in [1.82, 2.24) is 14.9 Å². The predicted octanol–water partition coefficient (Wildman–Crippen LogP) is 3.72. The van der Waals surface area contributed by atoms with Crippen LogP contribution < -0.4 is 5.43 Å². The molecule has 0 atom stereocenters. The highest BCUT2D eigenvalue weighted by molar-refractivity contribution is 6.43. The van der Waals surface area contributed by atoms with Crippen molar-refractivity contribution in [3.05, 3.63) is 51.3 Å². The zero-order valence-corrected chi connectivity index (χ0v) is 17.2. The van der Waals surface area contributed by atoms with E-state index in [1.54, 1.807) is 6.07 Å². The minimum absolute atomic E-state index is 0.461. The van der Waals surface area contributed by atoms with Crippen molar-refractivity contribution in [2.24, 2.45) is 5.10 Å². The molecule has 0 fully saturated rings. The predicted molar refractivity (Wildman–Crippen MR) is 109 cm³/mol. The van der Waals surface area contributed by atoms with Crippen LogP contribution in [-0.2, 0) is 9.59 Å². The second-order valence-corrected chi connectivity index (χ2v) is 6.70. The molecule has 0 spiro atoms. The van der Waals surface area contributed by atoms with Gasteiger partial charge in [0.25, 0.3) is 0 Å². The summed E-state index contributed by atoms with van der Waals surface area (Å²) >= 11 is 12.5. The molecule has 1 aromatic carbocycles. The molecule has 2 amide bonds. The van der Waals surface area contributed by atoms with Gasteiger partial charge in [0.2, 0.25) is 0 Å². The highest BCUT2D eigenvalue weighted by atomic mass is 35.5. The number of rotatable bonds is 5. The zero-order chi connectivity index (χ0) is 20.1. The van der Waals surface area contributed by atoms with Gasteiger partial charge >= 0.3 is 11.8 Å². The summed E-state index contributed by atoms with van der Waals surface area (Å²) in [7, 11) is 0. The maximum Gasteiger partial charge on any atom is 0.329 e. The van der Waals surface area contributed by atoms with Crippen LogP contribution in [0.1, 0.15) is 30.8 Å². The average molecular weight is 409 g/mol. The molecule has 0 aliphatic heterocycles. The summed E-state index contributed by atoms with van der Waals surface area (Å²) in [5, 5.41) is 4.85. The fourth-order valence-corrected chi connectivity index (χ4v) is 3.20. The van der Waals surface area contributed by atoms with Crippen molar-refractivity contribution in [2.75, 3.05) is 13.1 Å². The summed E-state index contributed by atoms with van der Waals surface area (Å²) in [6.07, 6.45) is 1.50. The molecular weight excluding hydrogens is 387 g/mol. The quantitative estimate of drug-likeness (QED) is 0.465. The Hall–Kier alpha value is -2.31. The summed E-state index contributed by atoms with van der Waals surface area (Å²) in [4.78, 5) is 25.3. The lowest BCUT2D eigenvalue weighted by Crippen LogP contribution is -2.41. The lowest BCUT2D eigenvalue weighted by molar-refractivity contribution is -0.145. The minimum atomic E-state index is -0.762. The third-order valence-electron chi connectivity index (χ3n) is 4.26. The molecule has 144 valence electrons. The van der Waals surface area contributed by atoms with Crippen molar-refractivity contribution in [3.63, 3.8) is 0 Å². The molecule has 0 aliphatic carbocycles. The van der Waals surface area contributed by atoms with Gasteiger partial charge in [0.05, 0.1) is 21.9 Å². The summed E-state index contributed by atoms with van der Waals surface area (Å²) < 4.78 is 1.96. The molecule has 0 bridgehead atoms. The monoisotopic (exact) mass is 408 g/mol. The Bertz CT molecular complexity index is 886. The smallest absolute Gasteiger partial charge is 0.329 e. The Kier molecular flexibility index (Phi) is 7.05. The summed E-state index contributed by atoms with van der Waals surface area (Å²) in [5.74, 6) is -1.37. The van der Waals surface area contributed by atoms with E-state index in [4.69, 9.17) is 23.2 Å². The molecule has 0 aliphatic rings. The molecule has 1 heterocycles. The summed E-state index contributed by atoms with van der Waals surface area (Å²) in [5.41, 5.74) is 5.65. The fraction of sp³-hybridized carbons (Fsp3) is 0.316. The molecule has 0 saturated heterocycles. The van der Waals surface area contributed by atoms with Gasteiger partial charge in [-0.15, -0.1) is 0 Å². The van der Waals surface area contributed by atoms with Gasteiger partial charge in [-0.3, -0.25) is 9.59 Å². The van der Waals surface area contributed by atoms with Crippen molar-refractivity contribution in [1.29, 1.82) is 0 Å². The van der Waals surface area contributed by atoms with E-state index in [0.29, 0.717) is 23.1 Å². The number of aromatic nitrogens is 1. The van der Waals surface area contributed by atoms with Gasteiger partial charge in [0.15, 0.2) is 0 Å². The van der Waals surface area contributed by atoms with Gasteiger partial charge in [-0.1, -0.05) is 29.3 Å². The first-order chi connectivity index (χ1) is 12.8. The van der Waals surface area contributed by atoms with E-state index >= 15 is 0 Å². The Morgan fingerprint density at radius 1 is 1.22 bits per heavy atom. The Morgan fingerprint density at radius 2 is 1.89 bits per heavy atom. The number of benzene rings is 1. The number of hydrogen-bond acceptors (Lipinski definition) is 3. The van der Waals surface area contributed by atoms with Gasteiger partial charge in [-0.2, -0.15) is 5.10 Å². The van der Waals surface area contributed by atoms with Crippen LogP contribution in [-0.4, -0.2) is 40.6 Å². The normalized spacial score (nSPS) is 11.0. The maximum atomic E-state index is 11.9. The molecule has 8 heteroatoms. The first-order valence-electron chi connectivity index (χ1n) is 8.57. The van der Waals surface area contributed by atoms with Crippen molar-refractivity contribution >= 4 is 41.2 Å². The lowest BCUT2D eigenvalue weighted by atomic mass is 10.2. The van der Waals surface area contributed by atoms with Crippen LogP contribution in [0.5, 0.6) is 0 Å². The van der Waals surface area contributed by atoms with Crippen molar-refractivity contribution in [2.45, 2.75) is 27.7 Å². The third-order valence-corrected chi connectivity index (χ3v) is 5.07. The van der Waals surface area contributed by atoms with Crippen molar-refractivity contribution in [3.8, 4) is 5.69 Å². The van der Waals surface area contributed by atoms with Gasteiger partial charge in [-0.05, 0) is 45.9 Å². The molecule has 2 rings (SSSR count). The number of hydrogen-bond donors (Lipinski definition) is 1. The Morgan fingerprint density at radius 3 is 2.52 bits per heavy atom. The maximum absolute atomic E-state index is 11.9. The zero-order valence-electron chi connectivity index (χ0n) is 15.7. The molecule has 0 saturated carbocycles. The van der Waals surface area contributed by atoms with E-state index in [1.807, 2.05) is 50.5 Å². The highest BCUT2D eigenvalue weighted by Crippen LogP contribution is 2.31. The van der Waals surface area contributed by atoms with Crippen LogP contribution in [0.25, 0.3) is 5.69 Å².